The lowest BCUT2D eigenvalue weighted by atomic mass is 9.95. The van der Waals surface area contributed by atoms with Crippen LogP contribution in [0.2, 0.25) is 0 Å². The molecule has 1 atom stereocenters. The summed E-state index contributed by atoms with van der Waals surface area (Å²) in [7, 11) is 8.02. The highest BCUT2D eigenvalue weighted by Gasteiger charge is 2.29. The highest BCUT2D eigenvalue weighted by molar-refractivity contribution is 8.76. The average molecular weight is 594 g/mol. The number of thioether (sulfide) groups is 1. The predicted octanol–water partition coefficient (Wildman–Crippen LogP) is 5.59. The van der Waals surface area contributed by atoms with Gasteiger partial charge in [-0.2, -0.15) is 0 Å². The number of carboxylic acids is 1. The van der Waals surface area contributed by atoms with Gasteiger partial charge in [0.1, 0.15) is 0 Å². The summed E-state index contributed by atoms with van der Waals surface area (Å²) in [4.78, 5) is 37.3. The molecule has 1 aliphatic carbocycles. The van der Waals surface area contributed by atoms with Gasteiger partial charge in [-0.15, -0.1) is 11.8 Å². The normalized spacial score (nSPS) is 14.0. The van der Waals surface area contributed by atoms with Crippen molar-refractivity contribution in [1.82, 2.24) is 5.32 Å². The van der Waals surface area contributed by atoms with Crippen LogP contribution in [0.15, 0.2) is 34.0 Å². The van der Waals surface area contributed by atoms with E-state index in [-0.39, 0.29) is 23.8 Å². The fraction of sp³-hybridized carbons (Fsp3) is 0.464. The van der Waals surface area contributed by atoms with Crippen molar-refractivity contribution in [2.45, 2.75) is 49.5 Å². The number of rotatable bonds is 14. The van der Waals surface area contributed by atoms with Crippen LogP contribution in [0.25, 0.3) is 11.1 Å². The van der Waals surface area contributed by atoms with E-state index in [4.69, 9.17) is 19.3 Å². The molecule has 2 N–H and O–H groups in total. The summed E-state index contributed by atoms with van der Waals surface area (Å²) >= 11 is 1.39. The number of nitrogens with one attached hydrogen (secondary N) is 1. The molecule has 0 unspecified atom stereocenters. The van der Waals surface area contributed by atoms with Crippen molar-refractivity contribution in [1.29, 1.82) is 0 Å². The number of hydrogen-bond donors (Lipinski definition) is 2. The average Bonchev–Trinajstić information content (AvgIpc) is 3.17. The molecule has 0 bridgehead atoms. The van der Waals surface area contributed by atoms with E-state index in [0.717, 1.165) is 33.8 Å². The molecule has 0 aliphatic heterocycles. The number of amides is 1. The second-order valence-corrected chi connectivity index (χ2v) is 12.4. The molecule has 11 heteroatoms. The smallest absolute Gasteiger partial charge is 0.303 e. The Morgan fingerprint density at radius 1 is 1.00 bits per heavy atom. The van der Waals surface area contributed by atoms with E-state index >= 15 is 0 Å². The SMILES string of the molecule is COc1cc2c(c(OC)c1OC)-c1ccc(SC)c(=O)cc1[C@@H](NC(=O)CCCSSCCCC(=O)O)CC2. The number of methoxy groups -OCH3 is 3. The van der Waals surface area contributed by atoms with Crippen molar-refractivity contribution in [2.24, 2.45) is 0 Å². The lowest BCUT2D eigenvalue weighted by molar-refractivity contribution is -0.137. The zero-order valence-corrected chi connectivity index (χ0v) is 25.1. The third kappa shape index (κ3) is 8.02. The fourth-order valence-electron chi connectivity index (χ4n) is 4.58. The maximum absolute atomic E-state index is 13.1. The first-order chi connectivity index (χ1) is 18.8. The molecule has 0 spiro atoms. The summed E-state index contributed by atoms with van der Waals surface area (Å²) in [6.07, 6.45) is 5.00. The Morgan fingerprint density at radius 2 is 1.69 bits per heavy atom. The van der Waals surface area contributed by atoms with E-state index in [9.17, 15) is 14.4 Å². The molecule has 1 amide bonds. The molecule has 212 valence electrons. The monoisotopic (exact) mass is 593 g/mol. The van der Waals surface area contributed by atoms with Crippen LogP contribution < -0.4 is 25.0 Å². The molecule has 0 fully saturated rings. The number of aliphatic carboxylic acids is 1. The Morgan fingerprint density at radius 3 is 2.31 bits per heavy atom. The molecule has 2 aromatic rings. The van der Waals surface area contributed by atoms with Crippen molar-refractivity contribution in [3.63, 3.8) is 0 Å². The van der Waals surface area contributed by atoms with Crippen LogP contribution in [-0.4, -0.2) is 56.1 Å². The van der Waals surface area contributed by atoms with E-state index in [1.165, 1.54) is 11.8 Å². The van der Waals surface area contributed by atoms with Crippen LogP contribution in [-0.2, 0) is 16.0 Å². The molecule has 3 rings (SSSR count). The van der Waals surface area contributed by atoms with E-state index < -0.39 is 5.97 Å². The van der Waals surface area contributed by atoms with E-state index in [1.807, 2.05) is 24.5 Å². The first-order valence-electron chi connectivity index (χ1n) is 12.6. The van der Waals surface area contributed by atoms with Crippen LogP contribution in [0.3, 0.4) is 0 Å². The van der Waals surface area contributed by atoms with Gasteiger partial charge in [-0.3, -0.25) is 14.4 Å². The Balaban J connectivity index is 1.85. The molecule has 8 nitrogen and oxygen atoms in total. The number of carbonyl (C=O) groups excluding carboxylic acids is 1. The molecule has 39 heavy (non-hydrogen) atoms. The van der Waals surface area contributed by atoms with Gasteiger partial charge in [-0.1, -0.05) is 27.7 Å². The molecule has 0 saturated heterocycles. The van der Waals surface area contributed by atoms with Crippen LogP contribution >= 0.6 is 33.3 Å². The predicted molar refractivity (Wildman–Crippen MR) is 160 cm³/mol. The zero-order chi connectivity index (χ0) is 28.4. The third-order valence-corrected chi connectivity index (χ3v) is 9.74. The number of hydrogen-bond acceptors (Lipinski definition) is 9. The van der Waals surface area contributed by atoms with Crippen molar-refractivity contribution < 1.29 is 28.9 Å². The van der Waals surface area contributed by atoms with Crippen LogP contribution in [0.4, 0.5) is 0 Å². The third-order valence-electron chi connectivity index (χ3n) is 6.39. The number of benzene rings is 1. The van der Waals surface area contributed by atoms with Gasteiger partial charge in [-0.05, 0) is 66.8 Å². The number of fused-ring (bicyclic) bond motifs is 3. The Kier molecular flexibility index (Phi) is 12.2. The van der Waals surface area contributed by atoms with Crippen LogP contribution in [0, 0.1) is 0 Å². The first-order valence-corrected chi connectivity index (χ1v) is 16.4. The van der Waals surface area contributed by atoms with Gasteiger partial charge in [0.2, 0.25) is 11.7 Å². The molecule has 2 aromatic carbocycles. The van der Waals surface area contributed by atoms with Gasteiger partial charge in [0.25, 0.3) is 0 Å². The molecule has 0 radical (unpaired) electrons. The van der Waals surface area contributed by atoms with Gasteiger partial charge < -0.3 is 24.6 Å². The number of ether oxygens (including phenoxy) is 3. The van der Waals surface area contributed by atoms with Crippen LogP contribution in [0.1, 0.15) is 49.3 Å². The highest BCUT2D eigenvalue weighted by Crippen LogP contribution is 2.50. The van der Waals surface area contributed by atoms with E-state index in [0.29, 0.717) is 54.2 Å². The molecular weight excluding hydrogens is 559 g/mol. The topological polar surface area (TPSA) is 111 Å². The molecule has 0 saturated carbocycles. The Labute approximate surface area is 241 Å². The van der Waals surface area contributed by atoms with Gasteiger partial charge in [-0.25, -0.2) is 0 Å². The largest absolute Gasteiger partial charge is 0.493 e. The lowest BCUT2D eigenvalue weighted by Crippen LogP contribution is -2.29. The van der Waals surface area contributed by atoms with E-state index in [1.54, 1.807) is 49.0 Å². The maximum Gasteiger partial charge on any atom is 0.303 e. The second-order valence-electron chi connectivity index (χ2n) is 8.86. The minimum Gasteiger partial charge on any atom is -0.493 e. The zero-order valence-electron chi connectivity index (χ0n) is 22.7. The van der Waals surface area contributed by atoms with Gasteiger partial charge in [0.15, 0.2) is 16.9 Å². The van der Waals surface area contributed by atoms with Crippen molar-refractivity contribution in [2.75, 3.05) is 39.1 Å². The standard InChI is InChI=1S/C28H35NO7S3/c1-34-22-15-17-9-11-20(29-24(31)7-5-13-38-39-14-6-8-25(32)33)19-16-21(30)23(37-4)12-10-18(19)26(17)28(36-3)27(22)35-2/h10,12,15-16,20H,5-9,11,13-14H2,1-4H3,(H,29,31)(H,32,33)/t20-/m0/s1. The minimum atomic E-state index is -0.778. The van der Waals surface area contributed by atoms with Gasteiger partial charge in [0.05, 0.1) is 32.3 Å². The first kappa shape index (κ1) is 31.0. The summed E-state index contributed by atoms with van der Waals surface area (Å²) in [5, 5.41) is 11.9. The summed E-state index contributed by atoms with van der Waals surface area (Å²) < 4.78 is 17.0. The number of carbonyl (C=O) groups is 2. The fourth-order valence-corrected chi connectivity index (χ4v) is 7.21. The van der Waals surface area contributed by atoms with E-state index in [2.05, 4.69) is 5.32 Å². The summed E-state index contributed by atoms with van der Waals surface area (Å²) in [6.45, 7) is 0. The quantitative estimate of drug-likeness (QED) is 0.163. The molecule has 1 aliphatic rings. The van der Waals surface area contributed by atoms with Gasteiger partial charge >= 0.3 is 5.97 Å². The Bertz CT molecular complexity index is 1240. The molecule has 0 heterocycles. The lowest BCUT2D eigenvalue weighted by Gasteiger charge is -2.20. The number of aryl methyl sites for hydroxylation is 1. The molecule has 0 aromatic heterocycles. The Hall–Kier alpha value is -2.50. The van der Waals surface area contributed by atoms with Crippen molar-refractivity contribution in [3.8, 4) is 28.4 Å². The second kappa shape index (κ2) is 15.3. The maximum atomic E-state index is 13.1. The van der Waals surface area contributed by atoms with Gasteiger partial charge in [0, 0.05) is 29.9 Å². The van der Waals surface area contributed by atoms with Crippen LogP contribution in [0.5, 0.6) is 17.2 Å². The summed E-state index contributed by atoms with van der Waals surface area (Å²) in [5.74, 6) is 2.29. The summed E-state index contributed by atoms with van der Waals surface area (Å²) in [6, 6.07) is 6.98. The minimum absolute atomic E-state index is 0.0699. The van der Waals surface area contributed by atoms with Crippen molar-refractivity contribution in [3.05, 3.63) is 45.6 Å². The number of carboxylic acid groups (broad SMARTS) is 1. The molecular formula is C28H35NO7S3. The highest BCUT2D eigenvalue weighted by atomic mass is 33.1. The summed E-state index contributed by atoms with van der Waals surface area (Å²) in [5.41, 5.74) is 3.30. The van der Waals surface area contributed by atoms with Crippen molar-refractivity contribution >= 4 is 45.2 Å².